The predicted octanol–water partition coefficient (Wildman–Crippen LogP) is 5.73. The van der Waals surface area contributed by atoms with Crippen LogP contribution in [0.25, 0.3) is 15.3 Å². The van der Waals surface area contributed by atoms with Crippen molar-refractivity contribution in [3.05, 3.63) is 90.0 Å². The van der Waals surface area contributed by atoms with Gasteiger partial charge in [-0.1, -0.05) is 41.7 Å². The van der Waals surface area contributed by atoms with Crippen LogP contribution in [0.2, 0.25) is 0 Å². The molecule has 0 saturated carbocycles. The van der Waals surface area contributed by atoms with Gasteiger partial charge in [0.1, 0.15) is 5.76 Å². The second kappa shape index (κ2) is 7.21. The maximum absolute atomic E-state index is 13.3. The summed E-state index contributed by atoms with van der Waals surface area (Å²) in [4.78, 5) is 18.0. The molecule has 0 amide bonds. The first-order valence-corrected chi connectivity index (χ1v) is 10.9. The van der Waals surface area contributed by atoms with Gasteiger partial charge in [-0.05, 0) is 36.4 Å². The van der Waals surface area contributed by atoms with Gasteiger partial charge < -0.3 is 9.73 Å². The Labute approximate surface area is 182 Å². The summed E-state index contributed by atoms with van der Waals surface area (Å²) in [5.41, 5.74) is 3.33. The lowest BCUT2D eigenvalue weighted by molar-refractivity contribution is 0.0960. The van der Waals surface area contributed by atoms with Crippen molar-refractivity contribution in [1.82, 2.24) is 14.8 Å². The third-order valence-electron chi connectivity index (χ3n) is 5.58. The molecular weight excluding hydrogens is 408 g/mol. The van der Waals surface area contributed by atoms with Crippen LogP contribution in [-0.4, -0.2) is 20.5 Å². The number of benzene rings is 2. The Balaban J connectivity index is 1.50. The van der Waals surface area contributed by atoms with Crippen LogP contribution < -0.4 is 5.32 Å². The van der Waals surface area contributed by atoms with E-state index < -0.39 is 0 Å². The van der Waals surface area contributed by atoms with Crippen molar-refractivity contribution in [3.63, 3.8) is 0 Å². The van der Waals surface area contributed by atoms with E-state index in [0.29, 0.717) is 24.2 Å². The molecule has 0 fully saturated rings. The number of hydrogen-bond acceptors (Lipinski definition) is 6. The average molecular weight is 427 g/mol. The summed E-state index contributed by atoms with van der Waals surface area (Å²) in [6.07, 6.45) is 2.71. The lowest BCUT2D eigenvalue weighted by Gasteiger charge is -2.20. The molecule has 0 bridgehead atoms. The van der Waals surface area contributed by atoms with Crippen molar-refractivity contribution in [3.8, 4) is 5.13 Å². The quantitative estimate of drug-likeness (QED) is 0.397. The van der Waals surface area contributed by atoms with Gasteiger partial charge in [-0.15, -0.1) is 5.10 Å². The van der Waals surface area contributed by atoms with Gasteiger partial charge in [-0.3, -0.25) is 4.79 Å². The Morgan fingerprint density at radius 1 is 1.00 bits per heavy atom. The fourth-order valence-corrected chi connectivity index (χ4v) is 5.09. The molecule has 3 heterocycles. The highest BCUT2D eigenvalue weighted by atomic mass is 32.1. The van der Waals surface area contributed by atoms with E-state index in [1.54, 1.807) is 17.6 Å². The molecule has 1 aliphatic carbocycles. The third-order valence-corrected chi connectivity index (χ3v) is 6.59. The first-order valence-electron chi connectivity index (χ1n) is 10.1. The van der Waals surface area contributed by atoms with Crippen LogP contribution in [-0.2, 0) is 6.42 Å². The first-order chi connectivity index (χ1) is 15.3. The Morgan fingerprint density at radius 2 is 1.84 bits per heavy atom. The average Bonchev–Trinajstić information content (AvgIpc) is 3.53. The Kier molecular flexibility index (Phi) is 4.21. The predicted molar refractivity (Wildman–Crippen MR) is 121 cm³/mol. The summed E-state index contributed by atoms with van der Waals surface area (Å²) < 4.78 is 8.54. The number of para-hydroxylation sites is 2. The van der Waals surface area contributed by atoms with Crippen LogP contribution in [0.4, 0.5) is 11.5 Å². The van der Waals surface area contributed by atoms with Gasteiger partial charge in [-0.25, -0.2) is 9.67 Å². The maximum Gasteiger partial charge on any atom is 0.211 e. The molecule has 31 heavy (non-hydrogen) atoms. The molecular formula is C24H18N4O2S. The van der Waals surface area contributed by atoms with E-state index in [1.165, 1.54) is 0 Å². The molecule has 1 aliphatic rings. The minimum absolute atomic E-state index is 0.00981. The van der Waals surface area contributed by atoms with E-state index in [-0.39, 0.29) is 11.7 Å². The van der Waals surface area contributed by atoms with Crippen LogP contribution in [0, 0.1) is 0 Å². The molecule has 1 N–H and O–H groups in total. The Morgan fingerprint density at radius 3 is 2.65 bits per heavy atom. The monoisotopic (exact) mass is 426 g/mol. The second-order valence-electron chi connectivity index (χ2n) is 7.58. The lowest BCUT2D eigenvalue weighted by atomic mass is 9.85. The SMILES string of the molecule is O=C1CC(c2ccco2)Cc2c1c(Nc1ccccc1)nn2-c1nc2ccccc2s1. The van der Waals surface area contributed by atoms with Gasteiger partial charge >= 0.3 is 0 Å². The van der Waals surface area contributed by atoms with E-state index in [4.69, 9.17) is 14.5 Å². The number of hydrogen-bond donors (Lipinski definition) is 1. The zero-order valence-electron chi connectivity index (χ0n) is 16.5. The van der Waals surface area contributed by atoms with Crippen molar-refractivity contribution < 1.29 is 9.21 Å². The minimum atomic E-state index is -0.00981. The van der Waals surface area contributed by atoms with Gasteiger partial charge in [-0.2, -0.15) is 0 Å². The van der Waals surface area contributed by atoms with Gasteiger partial charge in [0, 0.05) is 24.4 Å². The number of nitrogens with one attached hydrogen (secondary N) is 1. The topological polar surface area (TPSA) is 73.0 Å². The number of ketones is 1. The van der Waals surface area contributed by atoms with Crippen LogP contribution >= 0.6 is 11.3 Å². The van der Waals surface area contributed by atoms with E-state index in [0.717, 1.165) is 32.5 Å². The fourth-order valence-electron chi connectivity index (χ4n) is 4.15. The number of furan rings is 1. The van der Waals surface area contributed by atoms with Gasteiger partial charge in [0.05, 0.1) is 27.7 Å². The molecule has 3 aromatic heterocycles. The molecule has 0 aliphatic heterocycles. The summed E-state index contributed by atoms with van der Waals surface area (Å²) in [7, 11) is 0. The second-order valence-corrected chi connectivity index (χ2v) is 8.59. The summed E-state index contributed by atoms with van der Waals surface area (Å²) in [5.74, 6) is 1.45. The van der Waals surface area contributed by atoms with Gasteiger partial charge in [0.25, 0.3) is 0 Å². The highest BCUT2D eigenvalue weighted by Gasteiger charge is 2.35. The van der Waals surface area contributed by atoms with E-state index >= 15 is 0 Å². The number of carbonyl (C=O) groups is 1. The van der Waals surface area contributed by atoms with Crippen LogP contribution in [0.3, 0.4) is 0 Å². The number of fused-ring (bicyclic) bond motifs is 2. The van der Waals surface area contributed by atoms with Crippen molar-refractivity contribution in [2.45, 2.75) is 18.8 Å². The zero-order chi connectivity index (χ0) is 20.8. The summed E-state index contributed by atoms with van der Waals surface area (Å²) in [6, 6.07) is 21.6. The summed E-state index contributed by atoms with van der Waals surface area (Å²) >= 11 is 1.57. The third kappa shape index (κ3) is 3.14. The van der Waals surface area contributed by atoms with Gasteiger partial charge in [0.2, 0.25) is 5.13 Å². The molecule has 0 saturated heterocycles. The molecule has 6 nitrogen and oxygen atoms in total. The number of thiazole rings is 1. The first kappa shape index (κ1) is 18.1. The summed E-state index contributed by atoms with van der Waals surface area (Å²) in [6.45, 7) is 0. The van der Waals surface area contributed by atoms with Gasteiger partial charge in [0.15, 0.2) is 11.6 Å². The molecule has 1 unspecified atom stereocenters. The van der Waals surface area contributed by atoms with Crippen LogP contribution in [0.15, 0.2) is 77.4 Å². The van der Waals surface area contributed by atoms with E-state index in [2.05, 4.69) is 5.32 Å². The number of nitrogens with zero attached hydrogens (tertiary/aromatic N) is 3. The smallest absolute Gasteiger partial charge is 0.211 e. The molecule has 0 spiro atoms. The molecule has 6 rings (SSSR count). The zero-order valence-corrected chi connectivity index (χ0v) is 17.3. The maximum atomic E-state index is 13.3. The molecule has 0 radical (unpaired) electrons. The summed E-state index contributed by atoms with van der Waals surface area (Å²) in [5, 5.41) is 8.91. The van der Waals surface area contributed by atoms with Crippen molar-refractivity contribution in [2.75, 3.05) is 5.32 Å². The largest absolute Gasteiger partial charge is 0.469 e. The number of anilines is 2. The van der Waals surface area contributed by atoms with Crippen LogP contribution in [0.1, 0.15) is 34.2 Å². The number of carbonyl (C=O) groups excluding carboxylic acids is 1. The molecule has 1 atom stereocenters. The van der Waals surface area contributed by atoms with E-state index in [1.807, 2.05) is 71.4 Å². The molecule has 5 aromatic rings. The normalized spacial score (nSPS) is 15.9. The highest BCUT2D eigenvalue weighted by Crippen LogP contribution is 2.39. The van der Waals surface area contributed by atoms with Crippen molar-refractivity contribution >= 4 is 38.8 Å². The highest BCUT2D eigenvalue weighted by molar-refractivity contribution is 7.20. The standard InChI is InChI=1S/C24H18N4O2S/c29-19-14-15(20-10-6-12-30-20)13-18-22(19)23(25-16-7-2-1-3-8-16)27-28(18)24-26-17-9-4-5-11-21(17)31-24/h1-12,15H,13-14H2,(H,25,27). The Hall–Kier alpha value is -3.71. The van der Waals surface area contributed by atoms with Crippen molar-refractivity contribution in [2.24, 2.45) is 0 Å². The fraction of sp³-hybridized carbons (Fsp3) is 0.125. The molecule has 2 aromatic carbocycles. The molecule has 152 valence electrons. The van der Waals surface area contributed by atoms with Crippen molar-refractivity contribution in [1.29, 1.82) is 0 Å². The number of aromatic nitrogens is 3. The number of rotatable bonds is 4. The van der Waals surface area contributed by atoms with Crippen LogP contribution in [0.5, 0.6) is 0 Å². The van der Waals surface area contributed by atoms with E-state index in [9.17, 15) is 4.79 Å². The number of Topliss-reactive ketones (excluding diaryl/α,β-unsaturated/α-hetero) is 1. The molecule has 7 heteroatoms. The lowest BCUT2D eigenvalue weighted by Crippen LogP contribution is -2.20. The minimum Gasteiger partial charge on any atom is -0.469 e. The Bertz CT molecular complexity index is 1350.